The molecule has 3 aromatic carbocycles. The lowest BCUT2D eigenvalue weighted by Gasteiger charge is -2.18. The van der Waals surface area contributed by atoms with Gasteiger partial charge in [-0.15, -0.1) is 0 Å². The van der Waals surface area contributed by atoms with E-state index in [4.69, 9.17) is 0 Å². The van der Waals surface area contributed by atoms with Gasteiger partial charge in [0, 0.05) is 5.39 Å². The zero-order valence-electron chi connectivity index (χ0n) is 9.75. The maximum absolute atomic E-state index is 2.35. The highest BCUT2D eigenvalue weighted by Gasteiger charge is 2.08. The summed E-state index contributed by atoms with van der Waals surface area (Å²) < 4.78 is 2.19. The van der Waals surface area contributed by atoms with Crippen LogP contribution in [0.2, 0.25) is 0 Å². The van der Waals surface area contributed by atoms with Gasteiger partial charge in [-0.05, 0) is 23.6 Å². The summed E-state index contributed by atoms with van der Waals surface area (Å²) in [6.45, 7) is 0. The van der Waals surface area contributed by atoms with Crippen molar-refractivity contribution in [3.8, 4) is 0 Å². The zero-order chi connectivity index (χ0) is 12.4. The minimum atomic E-state index is 1.19. The number of fused-ring (bicyclic) bond motifs is 1. The SMILES string of the molecule is IN(c1ccccc1)c1cccc2ccccc12. The Labute approximate surface area is 121 Å². The van der Waals surface area contributed by atoms with Gasteiger partial charge >= 0.3 is 0 Å². The first-order valence-corrected chi connectivity index (χ1v) is 6.81. The fourth-order valence-electron chi connectivity index (χ4n) is 2.08. The molecule has 3 rings (SSSR count). The Morgan fingerprint density at radius 2 is 1.33 bits per heavy atom. The molecule has 0 spiro atoms. The summed E-state index contributed by atoms with van der Waals surface area (Å²) in [6, 6.07) is 25.3. The molecule has 0 aliphatic heterocycles. The average Bonchev–Trinajstić information content (AvgIpc) is 2.47. The molecule has 0 N–H and O–H groups in total. The summed E-state index contributed by atoms with van der Waals surface area (Å²) in [5.74, 6) is 0. The van der Waals surface area contributed by atoms with Crippen LogP contribution in [0.5, 0.6) is 0 Å². The minimum absolute atomic E-state index is 1.19. The first-order valence-electron chi connectivity index (χ1n) is 5.85. The molecule has 0 heterocycles. The molecule has 0 atom stereocenters. The van der Waals surface area contributed by atoms with Crippen molar-refractivity contribution in [2.45, 2.75) is 0 Å². The summed E-state index contributed by atoms with van der Waals surface area (Å²) in [5.41, 5.74) is 2.41. The summed E-state index contributed by atoms with van der Waals surface area (Å²) in [4.78, 5) is 0. The molecule has 0 fully saturated rings. The zero-order valence-corrected chi connectivity index (χ0v) is 11.9. The van der Waals surface area contributed by atoms with E-state index >= 15 is 0 Å². The Hall–Kier alpha value is -1.55. The van der Waals surface area contributed by atoms with E-state index in [1.54, 1.807) is 0 Å². The van der Waals surface area contributed by atoms with Gasteiger partial charge in [-0.25, -0.2) is 0 Å². The third-order valence-electron chi connectivity index (χ3n) is 2.96. The third kappa shape index (κ3) is 2.08. The van der Waals surface area contributed by atoms with Crippen molar-refractivity contribution >= 4 is 45.0 Å². The van der Waals surface area contributed by atoms with Gasteiger partial charge in [0.25, 0.3) is 0 Å². The lowest BCUT2D eigenvalue weighted by atomic mass is 10.1. The number of hydrogen-bond acceptors (Lipinski definition) is 1. The Morgan fingerprint density at radius 3 is 2.17 bits per heavy atom. The van der Waals surface area contributed by atoms with Crippen molar-refractivity contribution in [1.82, 2.24) is 0 Å². The summed E-state index contributed by atoms with van der Waals surface area (Å²) in [6.07, 6.45) is 0. The number of anilines is 2. The summed E-state index contributed by atoms with van der Waals surface area (Å²) >= 11 is 2.35. The number of rotatable bonds is 2. The minimum Gasteiger partial charge on any atom is -0.282 e. The van der Waals surface area contributed by atoms with Crippen molar-refractivity contribution in [3.05, 3.63) is 72.8 Å². The molecule has 1 nitrogen and oxygen atoms in total. The van der Waals surface area contributed by atoms with Crippen molar-refractivity contribution in [1.29, 1.82) is 0 Å². The quantitative estimate of drug-likeness (QED) is 0.448. The van der Waals surface area contributed by atoms with Gasteiger partial charge in [0.05, 0.1) is 34.2 Å². The van der Waals surface area contributed by atoms with Crippen molar-refractivity contribution in [2.24, 2.45) is 0 Å². The van der Waals surface area contributed by atoms with E-state index < -0.39 is 0 Å². The predicted molar refractivity (Wildman–Crippen MR) is 86.5 cm³/mol. The summed E-state index contributed by atoms with van der Waals surface area (Å²) in [5, 5.41) is 2.55. The van der Waals surface area contributed by atoms with Crippen LogP contribution in [-0.4, -0.2) is 0 Å². The molecule has 0 amide bonds. The molecule has 0 saturated heterocycles. The molecular weight excluding hydrogens is 333 g/mol. The fraction of sp³-hybridized carbons (Fsp3) is 0. The topological polar surface area (TPSA) is 3.24 Å². The molecule has 0 saturated carbocycles. The number of para-hydroxylation sites is 1. The normalized spacial score (nSPS) is 10.5. The fourth-order valence-corrected chi connectivity index (χ4v) is 2.82. The van der Waals surface area contributed by atoms with Gasteiger partial charge in [0.15, 0.2) is 0 Å². The van der Waals surface area contributed by atoms with Crippen LogP contribution >= 0.6 is 22.9 Å². The Kier molecular flexibility index (Phi) is 3.19. The second-order valence-electron chi connectivity index (χ2n) is 4.11. The standard InChI is InChI=1S/C16H12IN/c17-18(14-9-2-1-3-10-14)16-12-6-8-13-7-4-5-11-15(13)16/h1-12H. The lowest BCUT2D eigenvalue weighted by molar-refractivity contribution is 1.50. The molecular formula is C16H12IN. The highest BCUT2D eigenvalue weighted by Crippen LogP contribution is 2.34. The lowest BCUT2D eigenvalue weighted by Crippen LogP contribution is -2.00. The van der Waals surface area contributed by atoms with Crippen LogP contribution < -0.4 is 3.11 Å². The van der Waals surface area contributed by atoms with Crippen molar-refractivity contribution in [3.63, 3.8) is 0 Å². The van der Waals surface area contributed by atoms with Crippen LogP contribution in [0.25, 0.3) is 10.8 Å². The molecule has 3 aromatic rings. The molecule has 0 bridgehead atoms. The largest absolute Gasteiger partial charge is 0.282 e. The van der Waals surface area contributed by atoms with E-state index in [-0.39, 0.29) is 0 Å². The predicted octanol–water partition coefficient (Wildman–Crippen LogP) is 5.33. The highest BCUT2D eigenvalue weighted by molar-refractivity contribution is 14.1. The molecule has 2 heteroatoms. The van der Waals surface area contributed by atoms with E-state index in [0.29, 0.717) is 0 Å². The maximum atomic E-state index is 2.35. The van der Waals surface area contributed by atoms with Gasteiger partial charge in [-0.3, -0.25) is 3.11 Å². The van der Waals surface area contributed by atoms with Gasteiger partial charge in [-0.2, -0.15) is 0 Å². The van der Waals surface area contributed by atoms with E-state index in [2.05, 4.69) is 92.7 Å². The van der Waals surface area contributed by atoms with Gasteiger partial charge in [0.1, 0.15) is 0 Å². The molecule has 18 heavy (non-hydrogen) atoms. The molecule has 0 radical (unpaired) electrons. The number of hydrogen-bond donors (Lipinski definition) is 0. The maximum Gasteiger partial charge on any atom is 0.0646 e. The van der Waals surface area contributed by atoms with Crippen LogP contribution in [0.15, 0.2) is 72.8 Å². The second-order valence-corrected chi connectivity index (χ2v) is 5.08. The van der Waals surface area contributed by atoms with Gasteiger partial charge in [-0.1, -0.05) is 54.6 Å². The molecule has 0 aliphatic carbocycles. The second kappa shape index (κ2) is 4.98. The Bertz CT molecular complexity index is 659. The van der Waals surface area contributed by atoms with Gasteiger partial charge in [0.2, 0.25) is 0 Å². The molecule has 0 aromatic heterocycles. The van der Waals surface area contributed by atoms with Crippen LogP contribution in [0.3, 0.4) is 0 Å². The van der Waals surface area contributed by atoms with Crippen molar-refractivity contribution in [2.75, 3.05) is 3.11 Å². The number of halogens is 1. The first-order chi connectivity index (χ1) is 8.86. The Balaban J connectivity index is 2.15. The monoisotopic (exact) mass is 345 g/mol. The van der Waals surface area contributed by atoms with E-state index in [9.17, 15) is 0 Å². The van der Waals surface area contributed by atoms with Crippen LogP contribution in [0.1, 0.15) is 0 Å². The van der Waals surface area contributed by atoms with Crippen LogP contribution in [-0.2, 0) is 0 Å². The summed E-state index contributed by atoms with van der Waals surface area (Å²) in [7, 11) is 0. The Morgan fingerprint density at radius 1 is 0.667 bits per heavy atom. The average molecular weight is 345 g/mol. The smallest absolute Gasteiger partial charge is 0.0646 e. The molecule has 0 aliphatic rings. The van der Waals surface area contributed by atoms with E-state index in [1.807, 2.05) is 6.07 Å². The molecule has 88 valence electrons. The first kappa shape index (κ1) is 11.5. The van der Waals surface area contributed by atoms with Gasteiger partial charge < -0.3 is 0 Å². The van der Waals surface area contributed by atoms with E-state index in [1.165, 1.54) is 22.1 Å². The molecule has 0 unspecified atom stereocenters. The number of benzene rings is 3. The third-order valence-corrected chi connectivity index (χ3v) is 4.04. The van der Waals surface area contributed by atoms with E-state index in [0.717, 1.165) is 0 Å². The highest BCUT2D eigenvalue weighted by atomic mass is 127. The number of nitrogens with zero attached hydrogens (tertiary/aromatic N) is 1. The van der Waals surface area contributed by atoms with Crippen LogP contribution in [0.4, 0.5) is 11.4 Å². The van der Waals surface area contributed by atoms with Crippen molar-refractivity contribution < 1.29 is 0 Å². The van der Waals surface area contributed by atoms with Crippen LogP contribution in [0, 0.1) is 0 Å².